The Balaban J connectivity index is 2.17. The maximum Gasteiger partial charge on any atom is 0.257 e. The summed E-state index contributed by atoms with van der Waals surface area (Å²) in [6.45, 7) is 1.84. The number of pyridine rings is 2. The van der Waals surface area contributed by atoms with Gasteiger partial charge >= 0.3 is 0 Å². The average molecular weight is 229 g/mol. The van der Waals surface area contributed by atoms with Crippen molar-refractivity contribution < 1.29 is 4.79 Å². The third-order valence-corrected chi connectivity index (χ3v) is 2.20. The number of carbonyl (C=O) groups excluding carboxylic acids is 1. The summed E-state index contributed by atoms with van der Waals surface area (Å²) in [5.41, 5.74) is 1.67. The van der Waals surface area contributed by atoms with E-state index in [0.29, 0.717) is 11.3 Å². The van der Waals surface area contributed by atoms with E-state index < -0.39 is 0 Å². The highest BCUT2D eigenvalue weighted by Crippen LogP contribution is 2.08. The van der Waals surface area contributed by atoms with E-state index in [1.54, 1.807) is 18.3 Å². The molecule has 0 fully saturated rings. The Kier molecular flexibility index (Phi) is 3.00. The molecule has 1 amide bonds. The van der Waals surface area contributed by atoms with E-state index in [0.717, 1.165) is 5.69 Å². The van der Waals surface area contributed by atoms with Crippen molar-refractivity contribution in [2.75, 3.05) is 5.32 Å². The number of carbonyl (C=O) groups is 1. The van der Waals surface area contributed by atoms with Gasteiger partial charge in [0.05, 0.1) is 5.56 Å². The topological polar surface area (TPSA) is 74.8 Å². The number of rotatable bonds is 2. The lowest BCUT2D eigenvalue weighted by Gasteiger charge is -2.04. The zero-order valence-corrected chi connectivity index (χ0v) is 9.23. The molecule has 0 aliphatic carbocycles. The van der Waals surface area contributed by atoms with Crippen molar-refractivity contribution in [3.63, 3.8) is 0 Å². The minimum atomic E-state index is -0.271. The lowest BCUT2D eigenvalue weighted by Crippen LogP contribution is -2.14. The van der Waals surface area contributed by atoms with Gasteiger partial charge in [0.2, 0.25) is 5.56 Å². The Morgan fingerprint density at radius 3 is 2.82 bits per heavy atom. The summed E-state index contributed by atoms with van der Waals surface area (Å²) < 4.78 is 0. The first-order valence-electron chi connectivity index (χ1n) is 5.08. The molecule has 0 unspecified atom stereocenters. The summed E-state index contributed by atoms with van der Waals surface area (Å²) in [5, 5.41) is 2.72. The number of amides is 1. The van der Waals surface area contributed by atoms with Crippen molar-refractivity contribution in [2.24, 2.45) is 0 Å². The zero-order chi connectivity index (χ0) is 12.3. The number of hydrogen-bond acceptors (Lipinski definition) is 3. The Morgan fingerprint density at radius 1 is 1.35 bits per heavy atom. The summed E-state index contributed by atoms with van der Waals surface area (Å²) in [6, 6.07) is 6.26. The van der Waals surface area contributed by atoms with Gasteiger partial charge in [-0.05, 0) is 25.1 Å². The lowest BCUT2D eigenvalue weighted by molar-refractivity contribution is 0.102. The monoisotopic (exact) mass is 229 g/mol. The summed E-state index contributed by atoms with van der Waals surface area (Å²) in [7, 11) is 0. The van der Waals surface area contributed by atoms with E-state index in [2.05, 4.69) is 15.3 Å². The first-order chi connectivity index (χ1) is 8.15. The van der Waals surface area contributed by atoms with Gasteiger partial charge in [0, 0.05) is 29.8 Å². The minimum Gasteiger partial charge on any atom is -0.328 e. The van der Waals surface area contributed by atoms with Gasteiger partial charge < -0.3 is 10.3 Å². The van der Waals surface area contributed by atoms with Crippen LogP contribution >= 0.6 is 0 Å². The fraction of sp³-hybridized carbons (Fsp3) is 0.0833. The molecule has 5 heteroatoms. The zero-order valence-electron chi connectivity index (χ0n) is 9.23. The second-order valence-electron chi connectivity index (χ2n) is 3.58. The van der Waals surface area contributed by atoms with Crippen LogP contribution in [0.15, 0.2) is 41.5 Å². The molecule has 0 radical (unpaired) electrons. The van der Waals surface area contributed by atoms with E-state index >= 15 is 0 Å². The number of nitrogens with one attached hydrogen (secondary N) is 2. The summed E-state index contributed by atoms with van der Waals surface area (Å²) in [6.07, 6.45) is 3.00. The smallest absolute Gasteiger partial charge is 0.257 e. The second-order valence-corrected chi connectivity index (χ2v) is 3.58. The molecule has 0 atom stereocenters. The molecule has 2 N–H and O–H groups in total. The number of hydrogen-bond donors (Lipinski definition) is 2. The average Bonchev–Trinajstić information content (AvgIpc) is 2.29. The van der Waals surface area contributed by atoms with Gasteiger partial charge in [-0.15, -0.1) is 0 Å². The maximum absolute atomic E-state index is 11.8. The molecule has 2 rings (SSSR count). The van der Waals surface area contributed by atoms with E-state index in [1.165, 1.54) is 18.3 Å². The van der Waals surface area contributed by atoms with E-state index in [4.69, 9.17) is 0 Å². The van der Waals surface area contributed by atoms with Gasteiger partial charge in [-0.2, -0.15) is 0 Å². The van der Waals surface area contributed by atoms with Crippen molar-refractivity contribution in [1.82, 2.24) is 9.97 Å². The van der Waals surface area contributed by atoms with Crippen LogP contribution in [0, 0.1) is 6.92 Å². The quantitative estimate of drug-likeness (QED) is 0.815. The first-order valence-corrected chi connectivity index (χ1v) is 5.08. The van der Waals surface area contributed by atoms with Crippen molar-refractivity contribution in [1.29, 1.82) is 0 Å². The van der Waals surface area contributed by atoms with Gasteiger partial charge in [0.15, 0.2) is 0 Å². The number of aromatic nitrogens is 2. The van der Waals surface area contributed by atoms with Crippen LogP contribution in [0.3, 0.4) is 0 Å². The molecule has 0 spiro atoms. The molecule has 17 heavy (non-hydrogen) atoms. The highest BCUT2D eigenvalue weighted by molar-refractivity contribution is 6.03. The second kappa shape index (κ2) is 4.61. The molecule has 5 nitrogen and oxygen atoms in total. The summed E-state index contributed by atoms with van der Waals surface area (Å²) >= 11 is 0. The molecule has 2 aromatic rings. The highest BCUT2D eigenvalue weighted by atomic mass is 16.1. The number of aromatic amines is 1. The largest absolute Gasteiger partial charge is 0.328 e. The molecular weight excluding hydrogens is 218 g/mol. The van der Waals surface area contributed by atoms with Crippen LogP contribution in [0.4, 0.5) is 5.69 Å². The molecule has 0 bridgehead atoms. The molecule has 0 saturated carbocycles. The van der Waals surface area contributed by atoms with Crippen LogP contribution in [-0.2, 0) is 0 Å². The fourth-order valence-corrected chi connectivity index (χ4v) is 1.38. The van der Waals surface area contributed by atoms with Crippen LogP contribution in [0.1, 0.15) is 16.1 Å². The molecule has 0 aliphatic rings. The molecule has 0 saturated heterocycles. The highest BCUT2D eigenvalue weighted by Gasteiger charge is 2.05. The molecule has 0 aliphatic heterocycles. The standard InChI is InChI=1S/C12H11N3O2/c1-8-6-10(4-5-13-8)15-12(17)9-2-3-11(16)14-7-9/h2-7H,1H3,(H,14,16)(H,13,15,17). The number of H-pyrrole nitrogens is 1. The Morgan fingerprint density at radius 2 is 2.18 bits per heavy atom. The first kappa shape index (κ1) is 11.1. The molecular formula is C12H11N3O2. The minimum absolute atomic E-state index is 0.235. The molecule has 0 aromatic carbocycles. The summed E-state index contributed by atoms with van der Waals surface area (Å²) in [4.78, 5) is 29.1. The van der Waals surface area contributed by atoms with Gasteiger partial charge in [0.25, 0.3) is 5.91 Å². The normalized spacial score (nSPS) is 9.94. The van der Waals surface area contributed by atoms with Crippen molar-refractivity contribution in [3.05, 3.63) is 58.3 Å². The lowest BCUT2D eigenvalue weighted by atomic mass is 10.2. The summed E-state index contributed by atoms with van der Waals surface area (Å²) in [5.74, 6) is -0.271. The van der Waals surface area contributed by atoms with Crippen molar-refractivity contribution in [2.45, 2.75) is 6.92 Å². The van der Waals surface area contributed by atoms with E-state index in [1.807, 2.05) is 6.92 Å². The van der Waals surface area contributed by atoms with Crippen molar-refractivity contribution >= 4 is 11.6 Å². The third kappa shape index (κ3) is 2.78. The van der Waals surface area contributed by atoms with Crippen LogP contribution in [0.25, 0.3) is 0 Å². The SMILES string of the molecule is Cc1cc(NC(=O)c2ccc(=O)[nH]c2)ccn1. The van der Waals surface area contributed by atoms with Gasteiger partial charge in [0.1, 0.15) is 0 Å². The predicted octanol–water partition coefficient (Wildman–Crippen LogP) is 1.33. The maximum atomic E-state index is 11.8. The van der Waals surface area contributed by atoms with Gasteiger partial charge in [-0.3, -0.25) is 14.6 Å². The number of anilines is 1. The Bertz CT molecular complexity index is 584. The van der Waals surface area contributed by atoms with Crippen LogP contribution in [0.2, 0.25) is 0 Å². The molecule has 2 aromatic heterocycles. The van der Waals surface area contributed by atoms with E-state index in [-0.39, 0.29) is 11.5 Å². The molecule has 2 heterocycles. The van der Waals surface area contributed by atoms with E-state index in [9.17, 15) is 9.59 Å². The number of aryl methyl sites for hydroxylation is 1. The van der Waals surface area contributed by atoms with Gasteiger partial charge in [-0.1, -0.05) is 0 Å². The Labute approximate surface area is 97.5 Å². The molecule has 86 valence electrons. The van der Waals surface area contributed by atoms with Crippen LogP contribution < -0.4 is 10.9 Å². The predicted molar refractivity (Wildman–Crippen MR) is 64.0 cm³/mol. The van der Waals surface area contributed by atoms with Crippen LogP contribution in [0.5, 0.6) is 0 Å². The van der Waals surface area contributed by atoms with Crippen LogP contribution in [-0.4, -0.2) is 15.9 Å². The third-order valence-electron chi connectivity index (χ3n) is 2.20. The van der Waals surface area contributed by atoms with Gasteiger partial charge in [-0.25, -0.2) is 0 Å². The fourth-order valence-electron chi connectivity index (χ4n) is 1.38. The number of nitrogens with zero attached hydrogens (tertiary/aromatic N) is 1. The Hall–Kier alpha value is -2.43. The van der Waals surface area contributed by atoms with Crippen molar-refractivity contribution in [3.8, 4) is 0 Å².